The highest BCUT2D eigenvalue weighted by atomic mass is 32.1. The second-order valence-electron chi connectivity index (χ2n) is 8.70. The summed E-state index contributed by atoms with van der Waals surface area (Å²) >= 11 is 1.30. The number of likely N-dealkylation sites (N-methyl/N-ethyl adjacent to an activating group) is 1. The van der Waals surface area contributed by atoms with Crippen molar-refractivity contribution in [2.75, 3.05) is 45.7 Å². The van der Waals surface area contributed by atoms with Gasteiger partial charge >= 0.3 is 6.18 Å². The molecule has 188 valence electrons. The van der Waals surface area contributed by atoms with Crippen LogP contribution in [0.1, 0.15) is 27.2 Å². The van der Waals surface area contributed by atoms with E-state index < -0.39 is 12.7 Å². The molecule has 1 unspecified atom stereocenters. The molecule has 0 saturated carbocycles. The number of nitrogens with zero attached hydrogens (tertiary/aromatic N) is 6. The van der Waals surface area contributed by atoms with Crippen molar-refractivity contribution in [1.82, 2.24) is 24.8 Å². The van der Waals surface area contributed by atoms with Crippen LogP contribution in [-0.2, 0) is 6.54 Å². The average molecular weight is 509 g/mol. The third-order valence-electron chi connectivity index (χ3n) is 6.21. The topological polar surface area (TPSA) is 74.7 Å². The fourth-order valence-corrected chi connectivity index (χ4v) is 5.54. The molecule has 1 aliphatic rings. The Hall–Kier alpha value is -2.99. The van der Waals surface area contributed by atoms with Gasteiger partial charge in [0.05, 0.1) is 23.9 Å². The number of ether oxygens (including phenoxy) is 1. The van der Waals surface area contributed by atoms with Gasteiger partial charge in [-0.3, -0.25) is 9.69 Å². The third kappa shape index (κ3) is 5.48. The number of amides is 1. The van der Waals surface area contributed by atoms with Gasteiger partial charge in [-0.25, -0.2) is 15.0 Å². The molecule has 0 aromatic carbocycles. The average Bonchev–Trinajstić information content (AvgIpc) is 3.41. The molecule has 3 aromatic heterocycles. The van der Waals surface area contributed by atoms with Gasteiger partial charge in [-0.1, -0.05) is 0 Å². The van der Waals surface area contributed by atoms with Gasteiger partial charge in [0.15, 0.2) is 0 Å². The Morgan fingerprint density at radius 2 is 2.06 bits per heavy atom. The maximum absolute atomic E-state index is 13.3. The predicted molar refractivity (Wildman–Crippen MR) is 128 cm³/mol. The molecule has 0 N–H and O–H groups in total. The van der Waals surface area contributed by atoms with Crippen LogP contribution in [0.15, 0.2) is 24.7 Å². The molecule has 0 bridgehead atoms. The van der Waals surface area contributed by atoms with E-state index in [1.165, 1.54) is 29.7 Å². The first-order valence-corrected chi connectivity index (χ1v) is 11.9. The number of alkyl halides is 3. The minimum atomic E-state index is -4.22. The highest BCUT2D eigenvalue weighted by Gasteiger charge is 2.36. The number of likely N-dealkylation sites (tertiary alicyclic amines) is 1. The van der Waals surface area contributed by atoms with E-state index in [4.69, 9.17) is 4.74 Å². The predicted octanol–water partition coefficient (Wildman–Crippen LogP) is 3.75. The zero-order chi connectivity index (χ0) is 25.3. The number of fused-ring (bicyclic) bond motifs is 1. The number of aryl methyl sites for hydroxylation is 1. The molecule has 12 heteroatoms. The molecule has 35 heavy (non-hydrogen) atoms. The van der Waals surface area contributed by atoms with Crippen LogP contribution in [0.2, 0.25) is 0 Å². The largest absolute Gasteiger partial charge is 0.481 e. The Labute approximate surface area is 205 Å². The van der Waals surface area contributed by atoms with Crippen LogP contribution in [0, 0.1) is 6.92 Å². The lowest BCUT2D eigenvalue weighted by molar-refractivity contribution is -0.143. The monoisotopic (exact) mass is 508 g/mol. The molecule has 3 aromatic rings. The van der Waals surface area contributed by atoms with Gasteiger partial charge in [0, 0.05) is 52.0 Å². The highest BCUT2D eigenvalue weighted by molar-refractivity contribution is 7.20. The smallest absolute Gasteiger partial charge is 0.401 e. The molecule has 0 aliphatic carbocycles. The van der Waals surface area contributed by atoms with Gasteiger partial charge in [0.25, 0.3) is 5.91 Å². The molecule has 1 atom stereocenters. The van der Waals surface area contributed by atoms with Crippen molar-refractivity contribution in [3.8, 4) is 5.88 Å². The molecule has 4 rings (SSSR count). The first kappa shape index (κ1) is 25.1. The zero-order valence-corrected chi connectivity index (χ0v) is 20.8. The lowest BCUT2D eigenvalue weighted by atomic mass is 10.1. The Balaban J connectivity index is 1.56. The Bertz CT molecular complexity index is 1220. The molecule has 0 radical (unpaired) electrons. The number of halogens is 3. The third-order valence-corrected chi connectivity index (χ3v) is 7.40. The lowest BCUT2D eigenvalue weighted by Crippen LogP contribution is -2.38. The minimum Gasteiger partial charge on any atom is -0.481 e. The van der Waals surface area contributed by atoms with E-state index in [0.29, 0.717) is 47.5 Å². The SMILES string of the molecule is COc1cc(CN(C)C(=O)c2sc3ncnc(N(C)C4CCN(CC(F)(F)F)C4)c3c2C)ccn1. The summed E-state index contributed by atoms with van der Waals surface area (Å²) in [6, 6.07) is 3.49. The van der Waals surface area contributed by atoms with E-state index >= 15 is 0 Å². The molecule has 1 amide bonds. The molecule has 0 spiro atoms. The van der Waals surface area contributed by atoms with Crippen LogP contribution in [-0.4, -0.2) is 83.7 Å². The fourth-order valence-electron chi connectivity index (χ4n) is 4.40. The minimum absolute atomic E-state index is 0.113. The first-order chi connectivity index (χ1) is 16.6. The highest BCUT2D eigenvalue weighted by Crippen LogP contribution is 2.36. The van der Waals surface area contributed by atoms with Gasteiger partial charge in [0.1, 0.15) is 17.0 Å². The van der Waals surface area contributed by atoms with Crippen LogP contribution in [0.3, 0.4) is 0 Å². The summed E-state index contributed by atoms with van der Waals surface area (Å²) in [4.78, 5) is 32.4. The molecule has 1 fully saturated rings. The maximum atomic E-state index is 13.3. The van der Waals surface area contributed by atoms with Gasteiger partial charge < -0.3 is 14.5 Å². The zero-order valence-electron chi connectivity index (χ0n) is 20.0. The maximum Gasteiger partial charge on any atom is 0.401 e. The van der Waals surface area contributed by atoms with Crippen molar-refractivity contribution in [2.45, 2.75) is 32.1 Å². The van der Waals surface area contributed by atoms with Crippen molar-refractivity contribution in [1.29, 1.82) is 0 Å². The molecule has 1 aliphatic heterocycles. The molecular weight excluding hydrogens is 481 g/mol. The van der Waals surface area contributed by atoms with Gasteiger partial charge in [-0.2, -0.15) is 13.2 Å². The summed E-state index contributed by atoms with van der Waals surface area (Å²) in [5.74, 6) is 0.959. The number of methoxy groups -OCH3 is 1. The lowest BCUT2D eigenvalue weighted by Gasteiger charge is -2.27. The number of hydrogen-bond donors (Lipinski definition) is 0. The van der Waals surface area contributed by atoms with Crippen molar-refractivity contribution in [2.24, 2.45) is 0 Å². The van der Waals surface area contributed by atoms with E-state index in [2.05, 4.69) is 15.0 Å². The number of anilines is 1. The summed E-state index contributed by atoms with van der Waals surface area (Å²) < 4.78 is 43.6. The van der Waals surface area contributed by atoms with Crippen molar-refractivity contribution in [3.05, 3.63) is 40.7 Å². The first-order valence-electron chi connectivity index (χ1n) is 11.1. The number of carbonyl (C=O) groups excluding carboxylic acids is 1. The van der Waals surface area contributed by atoms with E-state index in [1.54, 1.807) is 24.2 Å². The Morgan fingerprint density at radius 3 is 2.77 bits per heavy atom. The summed E-state index contributed by atoms with van der Waals surface area (Å²) in [5, 5.41) is 0.761. The van der Waals surface area contributed by atoms with Crippen LogP contribution in [0.5, 0.6) is 5.88 Å². The number of thiophene rings is 1. The van der Waals surface area contributed by atoms with Crippen LogP contribution in [0.4, 0.5) is 19.0 Å². The van der Waals surface area contributed by atoms with Gasteiger partial charge in [-0.05, 0) is 30.5 Å². The van der Waals surface area contributed by atoms with Crippen LogP contribution < -0.4 is 9.64 Å². The summed E-state index contributed by atoms with van der Waals surface area (Å²) in [6.45, 7) is 2.00. The van der Waals surface area contributed by atoms with Gasteiger partial charge in [0.2, 0.25) is 5.88 Å². The van der Waals surface area contributed by atoms with Gasteiger partial charge in [-0.15, -0.1) is 11.3 Å². The second-order valence-corrected chi connectivity index (χ2v) is 9.70. The van der Waals surface area contributed by atoms with Crippen molar-refractivity contribution in [3.63, 3.8) is 0 Å². The van der Waals surface area contributed by atoms with Crippen molar-refractivity contribution >= 4 is 33.3 Å². The van der Waals surface area contributed by atoms with E-state index in [0.717, 1.165) is 16.5 Å². The summed E-state index contributed by atoms with van der Waals surface area (Å²) in [6.07, 6.45) is -0.547. The number of hydrogen-bond acceptors (Lipinski definition) is 8. The number of pyridine rings is 1. The van der Waals surface area contributed by atoms with E-state index in [1.807, 2.05) is 24.9 Å². The van der Waals surface area contributed by atoms with Crippen LogP contribution in [0.25, 0.3) is 10.2 Å². The quantitative estimate of drug-likeness (QED) is 0.481. The van der Waals surface area contributed by atoms with Crippen LogP contribution >= 0.6 is 11.3 Å². The summed E-state index contributed by atoms with van der Waals surface area (Å²) in [5.41, 5.74) is 1.65. The molecule has 8 nitrogen and oxygen atoms in total. The van der Waals surface area contributed by atoms with E-state index in [-0.39, 0.29) is 11.9 Å². The van der Waals surface area contributed by atoms with Crippen molar-refractivity contribution < 1.29 is 22.7 Å². The molecule has 1 saturated heterocycles. The Morgan fingerprint density at radius 1 is 1.29 bits per heavy atom. The molecule has 4 heterocycles. The summed E-state index contributed by atoms with van der Waals surface area (Å²) in [7, 11) is 5.10. The number of carbonyl (C=O) groups is 1. The fraction of sp³-hybridized carbons (Fsp3) is 0.478. The Kier molecular flexibility index (Phi) is 7.13. The number of rotatable bonds is 7. The standard InChI is InChI=1S/C23H27F3N6O2S/c1-14-18-20(31(3)16-6-8-32(11-16)12-23(24,25)26)28-13-29-21(18)35-19(14)22(33)30(2)10-15-5-7-27-17(9-15)34-4/h5,7,9,13,16H,6,8,10-12H2,1-4H3. The van der Waals surface area contributed by atoms with E-state index in [9.17, 15) is 18.0 Å². The normalized spacial score (nSPS) is 16.6. The number of aromatic nitrogens is 3. The molecular formula is C23H27F3N6O2S. The second kappa shape index (κ2) is 9.94.